The molecule has 1 aliphatic carbocycles. The second kappa shape index (κ2) is 7.64. The number of carbonyl (C=O) groups is 1. The molecule has 3 aromatic rings. The van der Waals surface area contributed by atoms with Gasteiger partial charge in [-0.3, -0.25) is 4.79 Å². The number of anilines is 1. The molecule has 1 aliphatic heterocycles. The van der Waals surface area contributed by atoms with E-state index in [1.165, 1.54) is 0 Å². The summed E-state index contributed by atoms with van der Waals surface area (Å²) < 4.78 is 5.56. The van der Waals surface area contributed by atoms with Crippen LogP contribution in [0.4, 0.5) is 5.69 Å². The second-order valence-corrected chi connectivity index (χ2v) is 8.66. The number of rotatable bonds is 4. The fourth-order valence-corrected chi connectivity index (χ4v) is 4.55. The number of nitrogens with zero attached hydrogens (tertiary/aromatic N) is 3. The van der Waals surface area contributed by atoms with Crippen LogP contribution in [0.15, 0.2) is 59.1 Å². The highest BCUT2D eigenvalue weighted by Gasteiger charge is 2.55. The van der Waals surface area contributed by atoms with Gasteiger partial charge in [-0.2, -0.15) is 0 Å². The van der Waals surface area contributed by atoms with Gasteiger partial charge in [0, 0.05) is 37.8 Å². The van der Waals surface area contributed by atoms with Gasteiger partial charge in [0.1, 0.15) is 0 Å². The Balaban J connectivity index is 1.29. The van der Waals surface area contributed by atoms with Crippen LogP contribution in [-0.2, 0) is 10.2 Å². The van der Waals surface area contributed by atoms with Crippen LogP contribution < -0.4 is 4.90 Å². The molecule has 0 spiro atoms. The Kier molecular flexibility index (Phi) is 4.95. The molecule has 2 fully saturated rings. The van der Waals surface area contributed by atoms with E-state index in [2.05, 4.69) is 10.1 Å². The first-order chi connectivity index (χ1) is 14.6. The number of amides is 1. The van der Waals surface area contributed by atoms with E-state index in [-0.39, 0.29) is 5.91 Å². The molecule has 5 rings (SSSR count). The summed E-state index contributed by atoms with van der Waals surface area (Å²) in [7, 11) is 0. The van der Waals surface area contributed by atoms with Gasteiger partial charge in [-0.1, -0.05) is 64.8 Å². The molecule has 1 saturated heterocycles. The highest BCUT2D eigenvalue weighted by Crippen LogP contribution is 2.50. The molecule has 7 heteroatoms. The van der Waals surface area contributed by atoms with Gasteiger partial charge in [-0.15, -0.1) is 0 Å². The lowest BCUT2D eigenvalue weighted by Crippen LogP contribution is -2.51. The average molecular weight is 442 g/mol. The minimum atomic E-state index is -0.535. The number of carbonyl (C=O) groups excluding carboxylic acids is 1. The first-order valence-corrected chi connectivity index (χ1v) is 10.8. The Labute approximate surface area is 185 Å². The smallest absolute Gasteiger partial charge is 0.235 e. The van der Waals surface area contributed by atoms with Crippen LogP contribution >= 0.6 is 23.2 Å². The number of halogens is 2. The Morgan fingerprint density at radius 1 is 0.967 bits per heavy atom. The van der Waals surface area contributed by atoms with Crippen molar-refractivity contribution >= 4 is 34.8 Å². The molecule has 0 atom stereocenters. The maximum Gasteiger partial charge on any atom is 0.235 e. The fourth-order valence-electron chi connectivity index (χ4n) is 4.13. The SMILES string of the molecule is O=C(N1CCN(c2cccc(Cl)c2Cl)CC1)C1(c2cc(-c3ccccc3)on2)CC1. The van der Waals surface area contributed by atoms with E-state index in [4.69, 9.17) is 27.7 Å². The Morgan fingerprint density at radius 3 is 2.40 bits per heavy atom. The average Bonchev–Trinajstić information content (AvgIpc) is 3.45. The highest BCUT2D eigenvalue weighted by molar-refractivity contribution is 6.43. The van der Waals surface area contributed by atoms with Crippen molar-refractivity contribution in [3.05, 3.63) is 70.3 Å². The van der Waals surface area contributed by atoms with E-state index in [1.807, 2.05) is 53.4 Å². The molecule has 0 unspecified atom stereocenters. The summed E-state index contributed by atoms with van der Waals surface area (Å²) in [6.07, 6.45) is 1.62. The van der Waals surface area contributed by atoms with Gasteiger partial charge >= 0.3 is 0 Å². The molecule has 1 aromatic heterocycles. The van der Waals surface area contributed by atoms with Crippen LogP contribution in [0.3, 0.4) is 0 Å². The summed E-state index contributed by atoms with van der Waals surface area (Å²) in [5, 5.41) is 5.37. The molecule has 0 bridgehead atoms. The summed E-state index contributed by atoms with van der Waals surface area (Å²) in [6, 6.07) is 17.4. The third kappa shape index (κ3) is 3.36. The van der Waals surface area contributed by atoms with Gasteiger partial charge < -0.3 is 14.3 Å². The summed E-state index contributed by atoms with van der Waals surface area (Å²) in [6.45, 7) is 2.73. The summed E-state index contributed by atoms with van der Waals surface area (Å²) >= 11 is 12.5. The van der Waals surface area contributed by atoms with Crippen LogP contribution in [0.5, 0.6) is 0 Å². The van der Waals surface area contributed by atoms with Crippen LogP contribution in [0.25, 0.3) is 11.3 Å². The molecule has 5 nitrogen and oxygen atoms in total. The third-order valence-corrected chi connectivity index (χ3v) is 6.87. The lowest BCUT2D eigenvalue weighted by atomic mass is 9.99. The van der Waals surface area contributed by atoms with E-state index in [0.29, 0.717) is 28.9 Å². The van der Waals surface area contributed by atoms with Gasteiger partial charge in [0.2, 0.25) is 5.91 Å². The van der Waals surface area contributed by atoms with Gasteiger partial charge in [-0.05, 0) is 25.0 Å². The summed E-state index contributed by atoms with van der Waals surface area (Å²) in [5.74, 6) is 0.845. The van der Waals surface area contributed by atoms with Crippen LogP contribution in [0, 0.1) is 0 Å². The van der Waals surface area contributed by atoms with Crippen molar-refractivity contribution in [3.63, 3.8) is 0 Å². The molecule has 2 aromatic carbocycles. The van der Waals surface area contributed by atoms with Crippen LogP contribution in [0.2, 0.25) is 10.0 Å². The van der Waals surface area contributed by atoms with Crippen molar-refractivity contribution in [1.82, 2.24) is 10.1 Å². The number of benzene rings is 2. The maximum absolute atomic E-state index is 13.4. The third-order valence-electron chi connectivity index (χ3n) is 6.06. The molecule has 30 heavy (non-hydrogen) atoms. The van der Waals surface area contributed by atoms with Crippen molar-refractivity contribution < 1.29 is 9.32 Å². The molecule has 1 saturated carbocycles. The monoisotopic (exact) mass is 441 g/mol. The van der Waals surface area contributed by atoms with Crippen molar-refractivity contribution in [2.75, 3.05) is 31.1 Å². The zero-order valence-electron chi connectivity index (χ0n) is 16.4. The van der Waals surface area contributed by atoms with Crippen LogP contribution in [0.1, 0.15) is 18.5 Å². The van der Waals surface area contributed by atoms with E-state index in [1.54, 1.807) is 6.07 Å². The van der Waals surface area contributed by atoms with Crippen molar-refractivity contribution in [3.8, 4) is 11.3 Å². The Hall–Kier alpha value is -2.50. The molecule has 0 N–H and O–H groups in total. The summed E-state index contributed by atoms with van der Waals surface area (Å²) in [4.78, 5) is 17.5. The van der Waals surface area contributed by atoms with E-state index in [9.17, 15) is 4.79 Å². The lowest BCUT2D eigenvalue weighted by molar-refractivity contribution is -0.134. The molecular formula is C23H21Cl2N3O2. The van der Waals surface area contributed by atoms with Crippen molar-refractivity contribution in [1.29, 1.82) is 0 Å². The van der Waals surface area contributed by atoms with Crippen LogP contribution in [-0.4, -0.2) is 42.1 Å². The molecule has 0 radical (unpaired) electrons. The van der Waals surface area contributed by atoms with E-state index >= 15 is 0 Å². The first-order valence-electron chi connectivity index (χ1n) is 10.1. The number of hydrogen-bond donors (Lipinski definition) is 0. The van der Waals surface area contributed by atoms with Crippen molar-refractivity contribution in [2.24, 2.45) is 0 Å². The highest BCUT2D eigenvalue weighted by atomic mass is 35.5. The topological polar surface area (TPSA) is 49.6 Å². The first kappa shape index (κ1) is 19.5. The van der Waals surface area contributed by atoms with E-state index < -0.39 is 5.41 Å². The van der Waals surface area contributed by atoms with Crippen molar-refractivity contribution in [2.45, 2.75) is 18.3 Å². The zero-order chi connectivity index (χ0) is 20.7. The Bertz CT molecular complexity index is 1070. The molecule has 154 valence electrons. The predicted octanol–water partition coefficient (Wildman–Crippen LogP) is 5.03. The second-order valence-electron chi connectivity index (χ2n) is 7.88. The van der Waals surface area contributed by atoms with Gasteiger partial charge in [-0.25, -0.2) is 0 Å². The van der Waals surface area contributed by atoms with Gasteiger partial charge in [0.05, 0.1) is 26.8 Å². The largest absolute Gasteiger partial charge is 0.367 e. The maximum atomic E-state index is 13.4. The van der Waals surface area contributed by atoms with E-state index in [0.717, 1.165) is 42.9 Å². The molecule has 2 heterocycles. The minimum absolute atomic E-state index is 0.146. The number of aromatic nitrogens is 1. The zero-order valence-corrected chi connectivity index (χ0v) is 17.9. The fraction of sp³-hybridized carbons (Fsp3) is 0.304. The predicted molar refractivity (Wildman–Crippen MR) is 118 cm³/mol. The number of hydrogen-bond acceptors (Lipinski definition) is 4. The number of piperazine rings is 1. The molecule has 2 aliphatic rings. The quantitative estimate of drug-likeness (QED) is 0.569. The van der Waals surface area contributed by atoms with Gasteiger partial charge in [0.15, 0.2) is 5.76 Å². The standard InChI is InChI=1S/C23H21Cl2N3O2/c24-17-7-4-8-18(21(17)25)27-11-13-28(14-12-27)22(29)23(9-10-23)20-15-19(30-26-20)16-5-2-1-3-6-16/h1-8,15H,9-14H2. The Morgan fingerprint density at radius 2 is 1.70 bits per heavy atom. The molecule has 1 amide bonds. The normalized spacial score (nSPS) is 17.8. The molecular weight excluding hydrogens is 421 g/mol. The van der Waals surface area contributed by atoms with Gasteiger partial charge in [0.25, 0.3) is 0 Å². The summed E-state index contributed by atoms with van der Waals surface area (Å²) in [5.41, 5.74) is 2.09. The minimum Gasteiger partial charge on any atom is -0.367 e. The lowest BCUT2D eigenvalue weighted by Gasteiger charge is -2.37.